The Balaban J connectivity index is 1.76. The van der Waals surface area contributed by atoms with Crippen molar-refractivity contribution < 1.29 is 27.2 Å². The molecule has 2 aromatic heterocycles. The van der Waals surface area contributed by atoms with Crippen LogP contribution in [0, 0.1) is 24.1 Å². The predicted molar refractivity (Wildman–Crippen MR) is 130 cm³/mol. The van der Waals surface area contributed by atoms with Crippen molar-refractivity contribution in [3.05, 3.63) is 87.1 Å². The maximum Gasteiger partial charge on any atom is 0.437 e. The number of amides is 2. The molecule has 0 aliphatic carbocycles. The molecule has 2 amide bonds. The first-order chi connectivity index (χ1) is 17.9. The summed E-state index contributed by atoms with van der Waals surface area (Å²) in [6.45, 7) is 1.31. The van der Waals surface area contributed by atoms with Crippen molar-refractivity contribution in [2.75, 3.05) is 5.32 Å². The molecule has 0 bridgehead atoms. The highest BCUT2D eigenvalue weighted by atomic mass is 35.5. The first kappa shape index (κ1) is 26.6. The van der Waals surface area contributed by atoms with Gasteiger partial charge in [-0.05, 0) is 30.2 Å². The average molecular weight is 545 g/mol. The van der Waals surface area contributed by atoms with Crippen molar-refractivity contribution in [3.63, 3.8) is 0 Å². The first-order valence-electron chi connectivity index (χ1n) is 10.9. The molecular formula is C25H17ClF4N6O2. The van der Waals surface area contributed by atoms with Crippen LogP contribution in [0.25, 0.3) is 10.9 Å². The van der Waals surface area contributed by atoms with E-state index in [2.05, 4.69) is 15.4 Å². The fraction of sp³-hybridized carbons (Fsp3) is 0.160. The van der Waals surface area contributed by atoms with Crippen LogP contribution in [0.5, 0.6) is 0 Å². The Hall–Kier alpha value is -4.50. The summed E-state index contributed by atoms with van der Waals surface area (Å²) in [6, 6.07) is 11.7. The lowest BCUT2D eigenvalue weighted by atomic mass is 10.1. The van der Waals surface area contributed by atoms with Gasteiger partial charge >= 0.3 is 6.18 Å². The van der Waals surface area contributed by atoms with E-state index < -0.39 is 40.9 Å². The predicted octanol–water partition coefficient (Wildman–Crippen LogP) is 5.02. The zero-order chi connectivity index (χ0) is 27.8. The minimum Gasteiger partial charge on any atom is -0.364 e. The normalized spacial score (nSPS) is 11.4. The molecule has 8 nitrogen and oxygen atoms in total. The molecule has 0 spiro atoms. The molecule has 0 fully saturated rings. The van der Waals surface area contributed by atoms with Gasteiger partial charge in [0.25, 0.3) is 11.8 Å². The summed E-state index contributed by atoms with van der Waals surface area (Å²) >= 11 is 5.84. The summed E-state index contributed by atoms with van der Waals surface area (Å²) in [5, 5.41) is 14.3. The number of hydrogen-bond acceptors (Lipinski definition) is 5. The van der Waals surface area contributed by atoms with Gasteiger partial charge in [0.1, 0.15) is 11.5 Å². The summed E-state index contributed by atoms with van der Waals surface area (Å²) < 4.78 is 56.8. The number of carbonyl (C=O) groups excluding carboxylic acids is 2. The number of nitrogens with two attached hydrogens (primary N) is 1. The zero-order valence-electron chi connectivity index (χ0n) is 19.5. The number of hydrogen-bond donors (Lipinski definition) is 2. The summed E-state index contributed by atoms with van der Waals surface area (Å²) in [6.07, 6.45) is -4.73. The van der Waals surface area contributed by atoms with E-state index in [4.69, 9.17) is 22.6 Å². The van der Waals surface area contributed by atoms with Crippen molar-refractivity contribution >= 4 is 40.0 Å². The van der Waals surface area contributed by atoms with Gasteiger partial charge in [0, 0.05) is 11.5 Å². The van der Waals surface area contributed by atoms with Gasteiger partial charge in [-0.25, -0.2) is 9.37 Å². The third-order valence-electron chi connectivity index (χ3n) is 5.70. The van der Waals surface area contributed by atoms with E-state index in [9.17, 15) is 27.2 Å². The highest BCUT2D eigenvalue weighted by Gasteiger charge is 2.39. The van der Waals surface area contributed by atoms with Crippen molar-refractivity contribution in [2.45, 2.75) is 26.1 Å². The van der Waals surface area contributed by atoms with E-state index in [-0.39, 0.29) is 40.1 Å². The third-order valence-corrected chi connectivity index (χ3v) is 5.99. The van der Waals surface area contributed by atoms with Crippen molar-refractivity contribution in [2.24, 2.45) is 5.73 Å². The molecule has 13 heteroatoms. The maximum atomic E-state index is 14.0. The highest BCUT2D eigenvalue weighted by Crippen LogP contribution is 2.37. The second kappa shape index (κ2) is 10.1. The number of benzene rings is 2. The average Bonchev–Trinajstić information content (AvgIpc) is 3.15. The van der Waals surface area contributed by atoms with E-state index in [0.717, 1.165) is 28.4 Å². The monoisotopic (exact) mass is 544 g/mol. The van der Waals surface area contributed by atoms with Gasteiger partial charge in [-0.3, -0.25) is 14.3 Å². The van der Waals surface area contributed by atoms with Crippen LogP contribution in [0.15, 0.2) is 42.5 Å². The number of primary amides is 1. The topological polar surface area (TPSA) is 127 Å². The van der Waals surface area contributed by atoms with Gasteiger partial charge in [-0.2, -0.15) is 23.5 Å². The second-order valence-electron chi connectivity index (χ2n) is 8.27. The van der Waals surface area contributed by atoms with E-state index in [1.807, 2.05) is 6.07 Å². The molecule has 0 aliphatic heterocycles. The zero-order valence-corrected chi connectivity index (χ0v) is 20.3. The summed E-state index contributed by atoms with van der Waals surface area (Å²) in [5.41, 5.74) is 3.88. The Morgan fingerprint density at radius 2 is 1.82 bits per heavy atom. The molecular weight excluding hydrogens is 528 g/mol. The highest BCUT2D eigenvalue weighted by molar-refractivity contribution is 6.31. The number of nitriles is 1. The molecule has 0 unspecified atom stereocenters. The lowest BCUT2D eigenvalue weighted by Crippen LogP contribution is -2.19. The molecule has 0 radical (unpaired) electrons. The SMILES string of the molecule is Cc1c(NC(=O)c2cc(C(N)=O)nc3cc(F)c(Cl)cc23)c(C(F)(F)F)nn1Cc1ccc(CC#N)cc1. The number of rotatable bonds is 6. The molecule has 0 saturated carbocycles. The Bertz CT molecular complexity index is 1620. The summed E-state index contributed by atoms with van der Waals surface area (Å²) in [4.78, 5) is 28.9. The van der Waals surface area contributed by atoms with Gasteiger partial charge in [0.15, 0.2) is 5.69 Å². The standard InChI is InChI=1S/C25H17ClF4N6O2/c1-12-21(22(25(28,29)30)35-36(12)11-14-4-2-13(3-5-14)6-7-31)34-24(38)16-9-20(23(32)37)33-19-10-18(27)17(26)8-15(16)19/h2-5,8-10H,6,11H2,1H3,(H2,32,37)(H,34,38). The maximum absolute atomic E-state index is 14.0. The number of nitrogens with zero attached hydrogens (tertiary/aromatic N) is 4. The third kappa shape index (κ3) is 5.28. The van der Waals surface area contributed by atoms with Crippen LogP contribution in [-0.2, 0) is 19.1 Å². The Morgan fingerprint density at radius 1 is 1.16 bits per heavy atom. The number of halogens is 5. The largest absolute Gasteiger partial charge is 0.437 e. The molecule has 2 aromatic carbocycles. The molecule has 4 aromatic rings. The number of fused-ring (bicyclic) bond motifs is 1. The minimum absolute atomic E-state index is 0.00402. The van der Waals surface area contributed by atoms with Crippen LogP contribution in [0.2, 0.25) is 5.02 Å². The van der Waals surface area contributed by atoms with E-state index in [1.54, 1.807) is 24.3 Å². The molecule has 194 valence electrons. The van der Waals surface area contributed by atoms with Gasteiger partial charge in [-0.1, -0.05) is 35.9 Å². The van der Waals surface area contributed by atoms with Crippen LogP contribution in [-0.4, -0.2) is 26.6 Å². The van der Waals surface area contributed by atoms with Crippen LogP contribution in [0.1, 0.15) is 43.4 Å². The second-order valence-corrected chi connectivity index (χ2v) is 8.68. The number of nitrogens with one attached hydrogen (secondary N) is 1. The number of carbonyl (C=O) groups is 2. The Labute approximate surface area is 217 Å². The first-order valence-corrected chi connectivity index (χ1v) is 11.3. The quantitative estimate of drug-likeness (QED) is 0.330. The van der Waals surface area contributed by atoms with E-state index in [0.29, 0.717) is 5.56 Å². The van der Waals surface area contributed by atoms with E-state index >= 15 is 0 Å². The Morgan fingerprint density at radius 3 is 2.42 bits per heavy atom. The Kier molecular flexibility index (Phi) is 7.06. The number of alkyl halides is 3. The van der Waals surface area contributed by atoms with Crippen molar-refractivity contribution in [3.8, 4) is 6.07 Å². The van der Waals surface area contributed by atoms with Gasteiger partial charge in [-0.15, -0.1) is 0 Å². The fourth-order valence-electron chi connectivity index (χ4n) is 3.79. The van der Waals surface area contributed by atoms with Gasteiger partial charge < -0.3 is 11.1 Å². The van der Waals surface area contributed by atoms with Crippen LogP contribution < -0.4 is 11.1 Å². The lowest BCUT2D eigenvalue weighted by molar-refractivity contribution is -0.140. The molecule has 38 heavy (non-hydrogen) atoms. The number of aromatic nitrogens is 3. The van der Waals surface area contributed by atoms with Gasteiger partial charge in [0.2, 0.25) is 0 Å². The fourth-order valence-corrected chi connectivity index (χ4v) is 3.95. The van der Waals surface area contributed by atoms with Crippen LogP contribution >= 0.6 is 11.6 Å². The summed E-state index contributed by atoms with van der Waals surface area (Å²) in [7, 11) is 0. The number of pyridine rings is 1. The smallest absolute Gasteiger partial charge is 0.364 e. The summed E-state index contributed by atoms with van der Waals surface area (Å²) in [5.74, 6) is -2.95. The molecule has 0 aliphatic rings. The number of anilines is 1. The van der Waals surface area contributed by atoms with Crippen molar-refractivity contribution in [1.82, 2.24) is 14.8 Å². The van der Waals surface area contributed by atoms with Crippen LogP contribution in [0.4, 0.5) is 23.2 Å². The van der Waals surface area contributed by atoms with Crippen LogP contribution in [0.3, 0.4) is 0 Å². The lowest BCUT2D eigenvalue weighted by Gasteiger charge is -2.12. The van der Waals surface area contributed by atoms with E-state index in [1.165, 1.54) is 6.92 Å². The van der Waals surface area contributed by atoms with Crippen molar-refractivity contribution in [1.29, 1.82) is 5.26 Å². The molecule has 4 rings (SSSR count). The van der Waals surface area contributed by atoms with Gasteiger partial charge in [0.05, 0.1) is 46.5 Å². The molecule has 0 saturated heterocycles. The molecule has 0 atom stereocenters. The molecule has 2 heterocycles. The minimum atomic E-state index is -4.92. The molecule has 3 N–H and O–H groups in total.